The van der Waals surface area contributed by atoms with Crippen molar-refractivity contribution in [3.8, 4) is 0 Å². The molecule has 1 aliphatic rings. The van der Waals surface area contributed by atoms with Gasteiger partial charge in [-0.1, -0.05) is 31.4 Å². The summed E-state index contributed by atoms with van der Waals surface area (Å²) < 4.78 is 0. The largest absolute Gasteiger partial charge is 0.478 e. The number of aromatic nitrogens is 1. The summed E-state index contributed by atoms with van der Waals surface area (Å²) in [6.07, 6.45) is 7.17. The fourth-order valence-corrected chi connectivity index (χ4v) is 3.01. The fraction of sp³-hybridized carbons (Fsp3) is 0.375. The molecule has 1 heterocycles. The van der Waals surface area contributed by atoms with Crippen LogP contribution in [-0.4, -0.2) is 22.1 Å². The van der Waals surface area contributed by atoms with E-state index in [0.29, 0.717) is 22.9 Å². The Morgan fingerprint density at radius 3 is 2.76 bits per heavy atom. The average molecular weight is 285 g/mol. The quantitative estimate of drug-likeness (QED) is 0.753. The number of carbonyl (C=O) groups is 1. The first-order valence-electron chi connectivity index (χ1n) is 7.34. The molecule has 21 heavy (non-hydrogen) atoms. The minimum Gasteiger partial charge on any atom is -0.478 e. The molecule has 1 saturated carbocycles. The predicted octanol–water partition coefficient (Wildman–Crippen LogP) is 3.26. The summed E-state index contributed by atoms with van der Waals surface area (Å²) in [5, 5.41) is 13.6. The highest BCUT2D eigenvalue weighted by molar-refractivity contribution is 6.06. The number of nitrogens with zero attached hydrogens (tertiary/aromatic N) is 1. The lowest BCUT2D eigenvalue weighted by Crippen LogP contribution is -2.23. The summed E-state index contributed by atoms with van der Waals surface area (Å²) in [6.45, 7) is 0. The van der Waals surface area contributed by atoms with E-state index in [1.807, 2.05) is 12.1 Å². The number of nitrogens with two attached hydrogens (primary N) is 1. The second kappa shape index (κ2) is 5.60. The molecule has 1 fully saturated rings. The van der Waals surface area contributed by atoms with E-state index < -0.39 is 5.97 Å². The molecule has 0 atom stereocenters. The van der Waals surface area contributed by atoms with Gasteiger partial charge < -0.3 is 16.2 Å². The smallest absolute Gasteiger partial charge is 0.339 e. The number of rotatable bonds is 3. The number of hydrogen-bond acceptors (Lipinski definition) is 4. The zero-order valence-corrected chi connectivity index (χ0v) is 11.8. The molecule has 5 nitrogen and oxygen atoms in total. The molecule has 4 N–H and O–H groups in total. The van der Waals surface area contributed by atoms with E-state index in [0.717, 1.165) is 18.2 Å². The highest BCUT2D eigenvalue weighted by Crippen LogP contribution is 2.31. The fourth-order valence-electron chi connectivity index (χ4n) is 3.01. The predicted molar refractivity (Wildman–Crippen MR) is 83.6 cm³/mol. The number of hydrogen-bond donors (Lipinski definition) is 3. The lowest BCUT2D eigenvalue weighted by Gasteiger charge is -2.25. The molecule has 0 unspecified atom stereocenters. The molecule has 5 heteroatoms. The number of pyridine rings is 1. The van der Waals surface area contributed by atoms with Crippen LogP contribution in [0.2, 0.25) is 0 Å². The summed E-state index contributed by atoms with van der Waals surface area (Å²) >= 11 is 0. The van der Waals surface area contributed by atoms with Gasteiger partial charge in [-0.3, -0.25) is 4.98 Å². The molecule has 0 bridgehead atoms. The zero-order valence-electron chi connectivity index (χ0n) is 11.8. The highest BCUT2D eigenvalue weighted by Gasteiger charge is 2.20. The van der Waals surface area contributed by atoms with Crippen LogP contribution in [-0.2, 0) is 0 Å². The first-order chi connectivity index (χ1) is 10.2. The number of nitrogen functional groups attached to an aromatic ring is 1. The van der Waals surface area contributed by atoms with Crippen LogP contribution >= 0.6 is 0 Å². The molecule has 0 saturated heterocycles. The van der Waals surface area contributed by atoms with Gasteiger partial charge in [-0.2, -0.15) is 0 Å². The lowest BCUT2D eigenvalue weighted by atomic mass is 9.94. The number of carboxylic acid groups (broad SMARTS) is 1. The van der Waals surface area contributed by atoms with Crippen LogP contribution < -0.4 is 11.1 Å². The Bertz CT molecular complexity index is 679. The van der Waals surface area contributed by atoms with Crippen molar-refractivity contribution in [1.29, 1.82) is 0 Å². The van der Waals surface area contributed by atoms with E-state index >= 15 is 0 Å². The minimum atomic E-state index is -0.967. The van der Waals surface area contributed by atoms with Gasteiger partial charge in [-0.15, -0.1) is 0 Å². The topological polar surface area (TPSA) is 88.2 Å². The van der Waals surface area contributed by atoms with Crippen molar-refractivity contribution in [2.24, 2.45) is 0 Å². The van der Waals surface area contributed by atoms with Gasteiger partial charge in [0.05, 0.1) is 16.9 Å². The molecule has 0 spiro atoms. The highest BCUT2D eigenvalue weighted by atomic mass is 16.4. The van der Waals surface area contributed by atoms with Gasteiger partial charge in [0, 0.05) is 17.6 Å². The zero-order chi connectivity index (χ0) is 14.8. The van der Waals surface area contributed by atoms with Crippen LogP contribution in [0.15, 0.2) is 24.4 Å². The van der Waals surface area contributed by atoms with Gasteiger partial charge >= 0.3 is 5.97 Å². The molecule has 110 valence electrons. The summed E-state index contributed by atoms with van der Waals surface area (Å²) in [5.41, 5.74) is 8.02. The molecular weight excluding hydrogens is 266 g/mol. The Morgan fingerprint density at radius 1 is 1.29 bits per heavy atom. The van der Waals surface area contributed by atoms with E-state index in [1.165, 1.54) is 25.5 Å². The van der Waals surface area contributed by atoms with Crippen LogP contribution in [0.1, 0.15) is 42.5 Å². The van der Waals surface area contributed by atoms with Crippen LogP contribution in [0, 0.1) is 0 Å². The molecule has 1 aliphatic carbocycles. The van der Waals surface area contributed by atoms with Crippen molar-refractivity contribution in [2.45, 2.75) is 38.1 Å². The molecule has 0 amide bonds. The molecule has 2 aromatic rings. The van der Waals surface area contributed by atoms with Crippen LogP contribution in [0.3, 0.4) is 0 Å². The minimum absolute atomic E-state index is 0.207. The number of para-hydroxylation sites is 1. The maximum absolute atomic E-state index is 11.5. The number of aromatic carboxylic acids is 1. The molecule has 0 aliphatic heterocycles. The Labute approximate surface area is 123 Å². The summed E-state index contributed by atoms with van der Waals surface area (Å²) in [7, 11) is 0. The maximum Gasteiger partial charge on any atom is 0.339 e. The van der Waals surface area contributed by atoms with Gasteiger partial charge in [-0.05, 0) is 18.9 Å². The van der Waals surface area contributed by atoms with Gasteiger partial charge in [0.25, 0.3) is 0 Å². The number of fused-ring (bicyclic) bond motifs is 1. The molecular formula is C16H19N3O2. The van der Waals surface area contributed by atoms with Crippen LogP contribution in [0.4, 0.5) is 11.4 Å². The van der Waals surface area contributed by atoms with E-state index in [-0.39, 0.29) is 5.56 Å². The Hall–Kier alpha value is -2.30. The molecule has 1 aromatic carbocycles. The van der Waals surface area contributed by atoms with Gasteiger partial charge in [-0.25, -0.2) is 4.79 Å². The second-order valence-corrected chi connectivity index (χ2v) is 5.57. The van der Waals surface area contributed by atoms with Gasteiger partial charge in [0.15, 0.2) is 0 Å². The van der Waals surface area contributed by atoms with Gasteiger partial charge in [0.2, 0.25) is 0 Å². The van der Waals surface area contributed by atoms with Crippen molar-refractivity contribution >= 4 is 28.2 Å². The molecule has 0 radical (unpaired) electrons. The van der Waals surface area contributed by atoms with E-state index in [4.69, 9.17) is 5.73 Å². The van der Waals surface area contributed by atoms with Crippen molar-refractivity contribution < 1.29 is 9.90 Å². The molecule has 1 aromatic heterocycles. The van der Waals surface area contributed by atoms with E-state index in [9.17, 15) is 9.90 Å². The number of nitrogens with one attached hydrogen (secondary N) is 1. The van der Waals surface area contributed by atoms with Crippen LogP contribution in [0.5, 0.6) is 0 Å². The normalized spacial score (nSPS) is 16.0. The third-order valence-electron chi connectivity index (χ3n) is 4.11. The standard InChI is InChI=1S/C16H19N3O2/c17-13-8-4-7-11-14(19-10-5-2-1-3-6-10)12(16(20)21)9-18-15(11)13/h4,7-10H,1-3,5-6,17H2,(H,18,19)(H,20,21). The van der Waals surface area contributed by atoms with E-state index in [1.54, 1.807) is 6.07 Å². The third kappa shape index (κ3) is 2.63. The SMILES string of the molecule is Nc1cccc2c(NC3CCCCC3)c(C(=O)O)cnc12. The van der Waals surface area contributed by atoms with Crippen molar-refractivity contribution in [2.75, 3.05) is 11.1 Å². The van der Waals surface area contributed by atoms with Crippen molar-refractivity contribution in [1.82, 2.24) is 4.98 Å². The summed E-state index contributed by atoms with van der Waals surface area (Å²) in [4.78, 5) is 15.7. The average Bonchev–Trinajstić information content (AvgIpc) is 2.49. The number of benzene rings is 1. The summed E-state index contributed by atoms with van der Waals surface area (Å²) in [5.74, 6) is -0.967. The summed E-state index contributed by atoms with van der Waals surface area (Å²) in [6, 6.07) is 5.80. The second-order valence-electron chi connectivity index (χ2n) is 5.57. The molecule has 3 rings (SSSR count). The van der Waals surface area contributed by atoms with Crippen molar-refractivity contribution in [3.05, 3.63) is 30.0 Å². The third-order valence-corrected chi connectivity index (χ3v) is 4.11. The van der Waals surface area contributed by atoms with E-state index in [2.05, 4.69) is 10.3 Å². The number of carboxylic acids is 1. The Balaban J connectivity index is 2.09. The van der Waals surface area contributed by atoms with Gasteiger partial charge in [0.1, 0.15) is 5.56 Å². The van der Waals surface area contributed by atoms with Crippen molar-refractivity contribution in [3.63, 3.8) is 0 Å². The number of anilines is 2. The maximum atomic E-state index is 11.5. The first kappa shape index (κ1) is 13.7. The Morgan fingerprint density at radius 2 is 2.05 bits per heavy atom. The Kier molecular flexibility index (Phi) is 3.64. The lowest BCUT2D eigenvalue weighted by molar-refractivity contribution is 0.0697. The monoisotopic (exact) mass is 285 g/mol. The first-order valence-corrected chi connectivity index (χ1v) is 7.34. The van der Waals surface area contributed by atoms with Crippen LogP contribution in [0.25, 0.3) is 10.9 Å².